The fraction of sp³-hybridized carbons (Fsp3) is 0.389. The van der Waals surface area contributed by atoms with Gasteiger partial charge in [-0.15, -0.1) is 0 Å². The van der Waals surface area contributed by atoms with Gasteiger partial charge in [0.1, 0.15) is 5.75 Å². The number of hydrogen-bond acceptors (Lipinski definition) is 4. The van der Waals surface area contributed by atoms with E-state index < -0.39 is 0 Å². The Morgan fingerprint density at radius 1 is 0.955 bits per heavy atom. The molecule has 2 saturated heterocycles. The number of carbonyl (C=O) groups is 2. The number of benzene rings is 3. The highest BCUT2D eigenvalue weighted by Gasteiger charge is 2.40. The Morgan fingerprint density at radius 3 is 2.45 bits per heavy atom. The summed E-state index contributed by atoms with van der Waals surface area (Å²) in [5, 5.41) is 4.92. The molecular formula is C36H39Cl2N3O3. The molecule has 44 heavy (non-hydrogen) atoms. The number of amides is 1. The van der Waals surface area contributed by atoms with Crippen molar-refractivity contribution in [2.45, 2.75) is 70.6 Å². The molecule has 0 aliphatic carbocycles. The maximum absolute atomic E-state index is 13.4. The highest BCUT2D eigenvalue weighted by molar-refractivity contribution is 6.42. The van der Waals surface area contributed by atoms with Gasteiger partial charge in [-0.1, -0.05) is 59.6 Å². The Balaban J connectivity index is 1.09. The Kier molecular flexibility index (Phi) is 9.31. The second-order valence-electron chi connectivity index (χ2n) is 12.3. The first-order valence-electron chi connectivity index (χ1n) is 15.5. The Hall–Kier alpha value is -3.32. The molecule has 3 aromatic carbocycles. The third-order valence-electron chi connectivity index (χ3n) is 9.54. The molecule has 6 rings (SSSR count). The molecule has 0 spiro atoms. The second kappa shape index (κ2) is 13.4. The molecule has 3 atom stereocenters. The summed E-state index contributed by atoms with van der Waals surface area (Å²) in [6.45, 7) is 4.33. The van der Waals surface area contributed by atoms with E-state index in [9.17, 15) is 9.59 Å². The van der Waals surface area contributed by atoms with Gasteiger partial charge in [0.2, 0.25) is 0 Å². The van der Waals surface area contributed by atoms with Crippen molar-refractivity contribution in [1.29, 1.82) is 0 Å². The zero-order chi connectivity index (χ0) is 30.8. The number of aromatic nitrogens is 1. The van der Waals surface area contributed by atoms with E-state index >= 15 is 0 Å². The first kappa shape index (κ1) is 30.7. The number of rotatable bonds is 11. The summed E-state index contributed by atoms with van der Waals surface area (Å²) in [7, 11) is 1.68. The second-order valence-corrected chi connectivity index (χ2v) is 13.1. The predicted octanol–water partition coefficient (Wildman–Crippen LogP) is 8.10. The number of carbonyl (C=O) groups excluding carboxylic acids is 2. The van der Waals surface area contributed by atoms with E-state index in [2.05, 4.69) is 27.8 Å². The molecule has 1 amide bonds. The van der Waals surface area contributed by atoms with Crippen LogP contribution in [0.5, 0.6) is 5.75 Å². The number of halogens is 2. The molecule has 2 fully saturated rings. The van der Waals surface area contributed by atoms with Crippen molar-refractivity contribution >= 4 is 45.8 Å². The number of fused-ring (bicyclic) bond motifs is 3. The third kappa shape index (κ3) is 6.39. The molecule has 1 aromatic heterocycles. The summed E-state index contributed by atoms with van der Waals surface area (Å²) in [5.41, 5.74) is 4.54. The van der Waals surface area contributed by atoms with Gasteiger partial charge >= 0.3 is 0 Å². The van der Waals surface area contributed by atoms with Crippen LogP contribution in [0, 0.1) is 12.8 Å². The van der Waals surface area contributed by atoms with E-state index in [1.807, 2.05) is 42.6 Å². The summed E-state index contributed by atoms with van der Waals surface area (Å²) in [6, 6.07) is 20.2. The minimum atomic E-state index is -0.0826. The number of methoxy groups -OCH3 is 1. The molecule has 2 aliphatic heterocycles. The Bertz CT molecular complexity index is 1670. The average Bonchev–Trinajstić information content (AvgIpc) is 3.51. The van der Waals surface area contributed by atoms with Gasteiger partial charge in [0.15, 0.2) is 5.78 Å². The van der Waals surface area contributed by atoms with E-state index in [1.165, 1.54) is 12.8 Å². The van der Waals surface area contributed by atoms with Crippen LogP contribution < -0.4 is 10.1 Å². The highest BCUT2D eigenvalue weighted by Crippen LogP contribution is 2.40. The van der Waals surface area contributed by atoms with Crippen LogP contribution in [0.1, 0.15) is 70.4 Å². The molecule has 4 aromatic rings. The SMILES string of the molecule is COc1cccc2c(C(=O)NCc3ccccc3C)cn(CCCN3[C@@H]4CC[C@H]3CC(CC(=O)c3ccc(Cl)c(Cl)c3)C4)c12. The monoisotopic (exact) mass is 631 g/mol. The van der Waals surface area contributed by atoms with E-state index in [4.69, 9.17) is 27.9 Å². The molecule has 2 bridgehead atoms. The van der Waals surface area contributed by atoms with E-state index in [0.717, 1.165) is 60.1 Å². The van der Waals surface area contributed by atoms with Gasteiger partial charge in [-0.05, 0) is 80.3 Å². The zero-order valence-electron chi connectivity index (χ0n) is 25.3. The summed E-state index contributed by atoms with van der Waals surface area (Å²) in [5.74, 6) is 1.23. The highest BCUT2D eigenvalue weighted by atomic mass is 35.5. The topological polar surface area (TPSA) is 63.6 Å². The fourth-order valence-electron chi connectivity index (χ4n) is 7.32. The number of ketones is 1. The van der Waals surface area contributed by atoms with Gasteiger partial charge in [0, 0.05) is 55.3 Å². The molecule has 1 unspecified atom stereocenters. The first-order valence-corrected chi connectivity index (χ1v) is 16.3. The van der Waals surface area contributed by atoms with Crippen LogP contribution in [0.4, 0.5) is 0 Å². The maximum atomic E-state index is 13.4. The first-order chi connectivity index (χ1) is 21.3. The number of Topliss-reactive ketones (excluding diaryl/α,β-unsaturated/α-hetero) is 1. The van der Waals surface area contributed by atoms with Gasteiger partial charge < -0.3 is 14.6 Å². The fourth-order valence-corrected chi connectivity index (χ4v) is 7.62. The zero-order valence-corrected chi connectivity index (χ0v) is 26.8. The molecular weight excluding hydrogens is 593 g/mol. The molecule has 230 valence electrons. The van der Waals surface area contributed by atoms with Crippen molar-refractivity contribution in [3.8, 4) is 5.75 Å². The normalized spacial score (nSPS) is 19.8. The van der Waals surface area contributed by atoms with E-state index in [1.54, 1.807) is 25.3 Å². The van der Waals surface area contributed by atoms with Crippen LogP contribution in [0.15, 0.2) is 66.9 Å². The lowest BCUT2D eigenvalue weighted by molar-refractivity contribution is 0.0807. The van der Waals surface area contributed by atoms with Crippen molar-refractivity contribution in [3.05, 3.63) is 99.2 Å². The third-order valence-corrected chi connectivity index (χ3v) is 10.3. The Labute approximate surface area is 269 Å². The van der Waals surface area contributed by atoms with Gasteiger partial charge in [0.05, 0.1) is 28.2 Å². The van der Waals surface area contributed by atoms with Crippen LogP contribution >= 0.6 is 23.2 Å². The number of ether oxygens (including phenoxy) is 1. The van der Waals surface area contributed by atoms with Crippen molar-refractivity contribution in [1.82, 2.24) is 14.8 Å². The van der Waals surface area contributed by atoms with Crippen molar-refractivity contribution in [2.24, 2.45) is 5.92 Å². The molecule has 0 saturated carbocycles. The number of nitrogens with zero attached hydrogens (tertiary/aromatic N) is 2. The summed E-state index contributed by atoms with van der Waals surface area (Å²) in [4.78, 5) is 29.1. The molecule has 0 radical (unpaired) electrons. The van der Waals surface area contributed by atoms with E-state index in [-0.39, 0.29) is 11.7 Å². The van der Waals surface area contributed by atoms with Crippen molar-refractivity contribution in [2.75, 3.05) is 13.7 Å². The lowest BCUT2D eigenvalue weighted by atomic mass is 9.85. The van der Waals surface area contributed by atoms with Gasteiger partial charge in [-0.25, -0.2) is 0 Å². The standard InChI is InChI=1S/C36H39Cl2N3O3/c1-23-7-3-4-8-26(23)21-39-36(43)30-22-40(35-29(30)9-5-10-34(35)44-2)15-6-16-41-27-12-13-28(41)18-24(17-27)19-33(42)25-11-14-31(37)32(38)20-25/h3-5,7-11,14,20,22,24,27-28H,6,12-13,15-19,21H2,1-2H3,(H,39,43)/t24?,27-,28+. The van der Waals surface area contributed by atoms with Gasteiger partial charge in [0.25, 0.3) is 5.91 Å². The van der Waals surface area contributed by atoms with Crippen molar-refractivity contribution in [3.63, 3.8) is 0 Å². The number of hydrogen-bond donors (Lipinski definition) is 1. The minimum absolute atomic E-state index is 0.0826. The number of nitrogens with one attached hydrogen (secondary N) is 1. The van der Waals surface area contributed by atoms with Crippen molar-refractivity contribution < 1.29 is 14.3 Å². The van der Waals surface area contributed by atoms with E-state index in [0.29, 0.717) is 52.1 Å². The lowest BCUT2D eigenvalue weighted by Crippen LogP contribution is -2.43. The Morgan fingerprint density at radius 2 is 1.73 bits per heavy atom. The molecule has 6 nitrogen and oxygen atoms in total. The molecule has 2 aliphatic rings. The average molecular weight is 633 g/mol. The predicted molar refractivity (Wildman–Crippen MR) is 177 cm³/mol. The van der Waals surface area contributed by atoms with Crippen LogP contribution in [0.25, 0.3) is 10.9 Å². The van der Waals surface area contributed by atoms with Crippen LogP contribution in [0.2, 0.25) is 10.0 Å². The number of piperidine rings is 1. The van der Waals surface area contributed by atoms with Crippen LogP contribution in [-0.4, -0.2) is 46.9 Å². The van der Waals surface area contributed by atoms with Gasteiger partial charge in [-0.3, -0.25) is 14.5 Å². The smallest absolute Gasteiger partial charge is 0.253 e. The molecule has 3 heterocycles. The van der Waals surface area contributed by atoms with Gasteiger partial charge in [-0.2, -0.15) is 0 Å². The lowest BCUT2D eigenvalue weighted by Gasteiger charge is -2.39. The number of aryl methyl sites for hydroxylation is 2. The summed E-state index contributed by atoms with van der Waals surface area (Å²) >= 11 is 12.2. The molecule has 1 N–H and O–H groups in total. The summed E-state index contributed by atoms with van der Waals surface area (Å²) in [6.07, 6.45) is 7.98. The minimum Gasteiger partial charge on any atom is -0.495 e. The van der Waals surface area contributed by atoms with Crippen LogP contribution in [0.3, 0.4) is 0 Å². The largest absolute Gasteiger partial charge is 0.495 e. The quantitative estimate of drug-likeness (QED) is 0.170. The summed E-state index contributed by atoms with van der Waals surface area (Å²) < 4.78 is 7.91. The molecule has 8 heteroatoms. The number of para-hydroxylation sites is 1. The van der Waals surface area contributed by atoms with Crippen LogP contribution in [-0.2, 0) is 13.1 Å². The maximum Gasteiger partial charge on any atom is 0.253 e.